The van der Waals surface area contributed by atoms with E-state index in [1.54, 1.807) is 17.4 Å². The van der Waals surface area contributed by atoms with E-state index in [1.165, 1.54) is 34.9 Å². The van der Waals surface area contributed by atoms with Gasteiger partial charge in [0, 0.05) is 16.8 Å². The normalized spacial score (nSPS) is 12.3. The molecule has 4 nitrogen and oxygen atoms in total. The van der Waals surface area contributed by atoms with E-state index in [4.69, 9.17) is 4.74 Å². The first-order chi connectivity index (χ1) is 12.5. The van der Waals surface area contributed by atoms with Gasteiger partial charge in [0.25, 0.3) is 5.91 Å². The predicted molar refractivity (Wildman–Crippen MR) is 104 cm³/mol. The summed E-state index contributed by atoms with van der Waals surface area (Å²) in [4.78, 5) is 14.5. The third kappa shape index (κ3) is 3.71. The van der Waals surface area contributed by atoms with E-state index < -0.39 is 5.82 Å². The summed E-state index contributed by atoms with van der Waals surface area (Å²) in [6, 6.07) is 12.5. The van der Waals surface area contributed by atoms with E-state index in [0.717, 1.165) is 0 Å². The van der Waals surface area contributed by atoms with Crippen LogP contribution in [0.4, 0.5) is 4.39 Å². The van der Waals surface area contributed by atoms with E-state index in [9.17, 15) is 9.18 Å². The number of thiophene rings is 1. The zero-order chi connectivity index (χ0) is 18.7. The molecule has 0 radical (unpaired) electrons. The Labute approximate surface area is 156 Å². The Morgan fingerprint density at radius 2 is 2.04 bits per heavy atom. The van der Waals surface area contributed by atoms with Gasteiger partial charge in [-0.15, -0.1) is 11.3 Å². The van der Waals surface area contributed by atoms with Crippen molar-refractivity contribution in [3.05, 3.63) is 64.8 Å². The highest BCUT2D eigenvalue weighted by atomic mass is 32.1. The summed E-state index contributed by atoms with van der Waals surface area (Å²) >= 11 is 1.69. The number of hydrogen-bond donors (Lipinski definition) is 1. The number of carbonyl (C=O) groups excluding carboxylic acids is 1. The molecule has 26 heavy (non-hydrogen) atoms. The van der Waals surface area contributed by atoms with Gasteiger partial charge in [-0.05, 0) is 54.7 Å². The van der Waals surface area contributed by atoms with Crippen LogP contribution in [-0.2, 0) is 0 Å². The molecule has 0 fully saturated rings. The number of nitrogens with zero attached hydrogens (tertiary/aromatic N) is 1. The highest BCUT2D eigenvalue weighted by Gasteiger charge is 2.19. The van der Waals surface area contributed by atoms with E-state index in [1.807, 2.05) is 26.2 Å². The number of ether oxygens (including phenoxy) is 1. The molecule has 136 valence electrons. The van der Waals surface area contributed by atoms with Gasteiger partial charge >= 0.3 is 0 Å². The zero-order valence-corrected chi connectivity index (χ0v) is 15.8. The van der Waals surface area contributed by atoms with Crippen LogP contribution in [0.25, 0.3) is 10.1 Å². The third-order valence-electron chi connectivity index (χ3n) is 4.36. The second-order valence-corrected chi connectivity index (χ2v) is 7.14. The van der Waals surface area contributed by atoms with Gasteiger partial charge in [-0.3, -0.25) is 4.79 Å². The molecule has 0 bridgehead atoms. The van der Waals surface area contributed by atoms with Gasteiger partial charge in [-0.25, -0.2) is 4.39 Å². The Kier molecular flexibility index (Phi) is 5.54. The fourth-order valence-corrected chi connectivity index (χ4v) is 3.93. The average Bonchev–Trinajstić information content (AvgIpc) is 3.05. The van der Waals surface area contributed by atoms with Crippen LogP contribution in [-0.4, -0.2) is 38.6 Å². The maximum absolute atomic E-state index is 13.8. The topological polar surface area (TPSA) is 41.6 Å². The van der Waals surface area contributed by atoms with Gasteiger partial charge < -0.3 is 15.0 Å². The monoisotopic (exact) mass is 372 g/mol. The van der Waals surface area contributed by atoms with Crippen LogP contribution in [0.15, 0.2) is 47.8 Å². The largest absolute Gasteiger partial charge is 0.494 e. The molecule has 0 saturated carbocycles. The number of methoxy groups -OCH3 is 1. The van der Waals surface area contributed by atoms with Crippen LogP contribution in [0, 0.1) is 5.82 Å². The van der Waals surface area contributed by atoms with Gasteiger partial charge in [0.1, 0.15) is 0 Å². The Balaban J connectivity index is 1.77. The Bertz CT molecular complexity index is 923. The van der Waals surface area contributed by atoms with Crippen LogP contribution >= 0.6 is 11.3 Å². The van der Waals surface area contributed by atoms with Crippen molar-refractivity contribution in [3.8, 4) is 5.75 Å². The Morgan fingerprint density at radius 3 is 2.73 bits per heavy atom. The first kappa shape index (κ1) is 18.4. The number of benzene rings is 2. The zero-order valence-electron chi connectivity index (χ0n) is 15.0. The molecular weight excluding hydrogens is 351 g/mol. The molecule has 1 N–H and O–H groups in total. The van der Waals surface area contributed by atoms with Crippen molar-refractivity contribution in [2.75, 3.05) is 27.7 Å². The number of hydrogen-bond acceptors (Lipinski definition) is 4. The lowest BCUT2D eigenvalue weighted by atomic mass is 10.0. The minimum Gasteiger partial charge on any atom is -0.494 e. The molecule has 1 aromatic heterocycles. The summed E-state index contributed by atoms with van der Waals surface area (Å²) in [5.74, 6) is -0.733. The van der Waals surface area contributed by atoms with Crippen molar-refractivity contribution in [1.82, 2.24) is 10.2 Å². The first-order valence-electron chi connectivity index (χ1n) is 8.25. The molecule has 0 aliphatic heterocycles. The molecule has 2 aromatic carbocycles. The lowest BCUT2D eigenvalue weighted by molar-refractivity contribution is 0.0941. The second-order valence-electron chi connectivity index (χ2n) is 6.23. The molecule has 1 atom stereocenters. The van der Waals surface area contributed by atoms with Gasteiger partial charge in [0.2, 0.25) is 0 Å². The van der Waals surface area contributed by atoms with Crippen molar-refractivity contribution >= 4 is 27.3 Å². The number of carbonyl (C=O) groups is 1. The molecule has 0 spiro atoms. The van der Waals surface area contributed by atoms with Gasteiger partial charge in [0.05, 0.1) is 13.2 Å². The second kappa shape index (κ2) is 7.85. The minimum atomic E-state index is -0.548. The number of halogens is 1. The maximum Gasteiger partial charge on any atom is 0.251 e. The first-order valence-corrected chi connectivity index (χ1v) is 9.13. The fourth-order valence-electron chi connectivity index (χ4n) is 2.93. The Hall–Kier alpha value is -2.44. The summed E-state index contributed by atoms with van der Waals surface area (Å²) in [6.07, 6.45) is 0. The van der Waals surface area contributed by atoms with Crippen molar-refractivity contribution in [3.63, 3.8) is 0 Å². The van der Waals surface area contributed by atoms with E-state index >= 15 is 0 Å². The molecular formula is C20H21FN2O2S. The molecule has 0 saturated heterocycles. The third-order valence-corrected chi connectivity index (χ3v) is 5.34. The molecule has 1 unspecified atom stereocenters. The average molecular weight is 372 g/mol. The molecule has 3 rings (SSSR count). The Morgan fingerprint density at radius 1 is 1.27 bits per heavy atom. The molecule has 6 heteroatoms. The van der Waals surface area contributed by atoms with Gasteiger partial charge in [-0.2, -0.15) is 0 Å². The summed E-state index contributed by atoms with van der Waals surface area (Å²) in [7, 11) is 5.36. The van der Waals surface area contributed by atoms with Gasteiger partial charge in [0.15, 0.2) is 11.6 Å². The predicted octanol–water partition coefficient (Wildman–Crippen LogP) is 4.08. The summed E-state index contributed by atoms with van der Waals surface area (Å²) in [5, 5.41) is 6.24. The van der Waals surface area contributed by atoms with E-state index in [-0.39, 0.29) is 23.3 Å². The molecule has 0 aliphatic carbocycles. The summed E-state index contributed by atoms with van der Waals surface area (Å²) < 4.78 is 19.9. The summed E-state index contributed by atoms with van der Waals surface area (Å²) in [6.45, 7) is 0.431. The number of fused-ring (bicyclic) bond motifs is 1. The fraction of sp³-hybridized carbons (Fsp3) is 0.250. The molecule has 1 heterocycles. The SMILES string of the molecule is COc1ccc(C(=O)NCC(c2csc3ccccc23)N(C)C)cc1F. The van der Waals surface area contributed by atoms with Crippen molar-refractivity contribution in [2.45, 2.75) is 6.04 Å². The number of amides is 1. The highest BCUT2D eigenvalue weighted by Crippen LogP contribution is 2.32. The number of nitrogens with one attached hydrogen (secondary N) is 1. The van der Waals surface area contributed by atoms with Crippen LogP contribution in [0.1, 0.15) is 22.0 Å². The van der Waals surface area contributed by atoms with Crippen LogP contribution in [0.3, 0.4) is 0 Å². The number of rotatable bonds is 6. The van der Waals surface area contributed by atoms with Crippen LogP contribution in [0.5, 0.6) is 5.75 Å². The van der Waals surface area contributed by atoms with E-state index in [0.29, 0.717) is 6.54 Å². The molecule has 1 amide bonds. The molecule has 0 aliphatic rings. The van der Waals surface area contributed by atoms with Crippen LogP contribution in [0.2, 0.25) is 0 Å². The van der Waals surface area contributed by atoms with Gasteiger partial charge in [-0.1, -0.05) is 18.2 Å². The van der Waals surface area contributed by atoms with Crippen molar-refractivity contribution < 1.29 is 13.9 Å². The smallest absolute Gasteiger partial charge is 0.251 e. The number of likely N-dealkylation sites (N-methyl/N-ethyl adjacent to an activating group) is 1. The summed E-state index contributed by atoms with van der Waals surface area (Å²) in [5.41, 5.74) is 1.45. The van der Waals surface area contributed by atoms with Crippen molar-refractivity contribution in [2.24, 2.45) is 0 Å². The quantitative estimate of drug-likeness (QED) is 0.709. The standard InChI is InChI=1S/C20H21FN2O2S/c1-23(2)17(15-12-26-19-7-5-4-6-14(15)19)11-22-20(24)13-8-9-18(25-3)16(21)10-13/h4-10,12,17H,11H2,1-3H3,(H,22,24). The van der Waals surface area contributed by atoms with Crippen molar-refractivity contribution in [1.29, 1.82) is 0 Å². The molecule has 3 aromatic rings. The van der Waals surface area contributed by atoms with Crippen LogP contribution < -0.4 is 10.1 Å². The maximum atomic E-state index is 13.8. The minimum absolute atomic E-state index is 0.0261. The lowest BCUT2D eigenvalue weighted by Crippen LogP contribution is -2.34. The highest BCUT2D eigenvalue weighted by molar-refractivity contribution is 7.17. The lowest BCUT2D eigenvalue weighted by Gasteiger charge is -2.24. The van der Waals surface area contributed by atoms with E-state index in [2.05, 4.69) is 27.7 Å².